The fourth-order valence-electron chi connectivity index (χ4n) is 1.87. The third-order valence-electron chi connectivity index (χ3n) is 2.73. The topological polar surface area (TPSA) is 89.7 Å². The van der Waals surface area contributed by atoms with E-state index in [0.29, 0.717) is 22.4 Å². The molecule has 96 valence electrons. The molecule has 0 aliphatic heterocycles. The van der Waals surface area contributed by atoms with Crippen molar-refractivity contribution in [2.24, 2.45) is 0 Å². The van der Waals surface area contributed by atoms with Crippen molar-refractivity contribution < 1.29 is 9.13 Å². The maximum Gasteiger partial charge on any atom is 0.222 e. The van der Waals surface area contributed by atoms with Crippen LogP contribution in [-0.4, -0.2) is 27.0 Å². The molecule has 6 nitrogen and oxygen atoms in total. The van der Waals surface area contributed by atoms with Crippen molar-refractivity contribution in [1.29, 1.82) is 0 Å². The smallest absolute Gasteiger partial charge is 0.222 e. The van der Waals surface area contributed by atoms with Crippen LogP contribution in [0.5, 0.6) is 5.75 Å². The molecule has 7 heteroatoms. The van der Waals surface area contributed by atoms with E-state index in [1.807, 2.05) is 0 Å². The van der Waals surface area contributed by atoms with Gasteiger partial charge in [0.25, 0.3) is 0 Å². The number of aromatic nitrogens is 4. The van der Waals surface area contributed by atoms with Crippen LogP contribution in [0.15, 0.2) is 24.5 Å². The number of imidazole rings is 1. The molecule has 0 aliphatic carbocycles. The van der Waals surface area contributed by atoms with E-state index in [-0.39, 0.29) is 11.7 Å². The first-order valence-electron chi connectivity index (χ1n) is 5.49. The van der Waals surface area contributed by atoms with Gasteiger partial charge in [-0.15, -0.1) is 0 Å². The Bertz CT molecular complexity index is 755. The number of anilines is 1. The molecule has 0 fully saturated rings. The van der Waals surface area contributed by atoms with Crippen LogP contribution in [0.25, 0.3) is 22.4 Å². The van der Waals surface area contributed by atoms with Gasteiger partial charge in [0.05, 0.1) is 13.4 Å². The summed E-state index contributed by atoms with van der Waals surface area (Å²) >= 11 is 0. The number of benzene rings is 1. The minimum atomic E-state index is -0.468. The first-order chi connectivity index (χ1) is 9.19. The Morgan fingerprint density at radius 2 is 2.16 bits per heavy atom. The van der Waals surface area contributed by atoms with Gasteiger partial charge in [-0.1, -0.05) is 0 Å². The quantitative estimate of drug-likeness (QED) is 0.731. The minimum absolute atomic E-state index is 0.0887. The van der Waals surface area contributed by atoms with Crippen LogP contribution < -0.4 is 10.5 Å². The number of aromatic amines is 1. The van der Waals surface area contributed by atoms with E-state index >= 15 is 0 Å². The Morgan fingerprint density at radius 1 is 1.32 bits per heavy atom. The van der Waals surface area contributed by atoms with Gasteiger partial charge in [-0.3, -0.25) is 0 Å². The molecule has 3 rings (SSSR count). The second-order valence-corrected chi connectivity index (χ2v) is 3.88. The van der Waals surface area contributed by atoms with Crippen LogP contribution in [0.4, 0.5) is 10.3 Å². The molecule has 0 aliphatic rings. The largest absolute Gasteiger partial charge is 0.494 e. The van der Waals surface area contributed by atoms with E-state index in [9.17, 15) is 4.39 Å². The number of hydrogen-bond acceptors (Lipinski definition) is 5. The summed E-state index contributed by atoms with van der Waals surface area (Å²) in [4.78, 5) is 15.0. The van der Waals surface area contributed by atoms with Crippen molar-refractivity contribution in [3.63, 3.8) is 0 Å². The Hall–Kier alpha value is -2.70. The first kappa shape index (κ1) is 11.4. The SMILES string of the molecule is COc1ccc(-c2nc(N)nc3nc[nH]c23)cc1F. The number of hydrogen-bond donors (Lipinski definition) is 2. The summed E-state index contributed by atoms with van der Waals surface area (Å²) in [6.45, 7) is 0. The van der Waals surface area contributed by atoms with E-state index in [4.69, 9.17) is 10.5 Å². The third kappa shape index (κ3) is 1.85. The second kappa shape index (κ2) is 4.20. The summed E-state index contributed by atoms with van der Waals surface area (Å²) in [5.41, 5.74) is 7.75. The van der Waals surface area contributed by atoms with Crippen molar-refractivity contribution in [2.75, 3.05) is 12.8 Å². The molecule has 3 aromatic rings. The number of nitrogen functional groups attached to an aromatic ring is 1. The van der Waals surface area contributed by atoms with Gasteiger partial charge in [0, 0.05) is 5.56 Å². The summed E-state index contributed by atoms with van der Waals surface area (Å²) < 4.78 is 18.6. The van der Waals surface area contributed by atoms with Crippen LogP contribution in [-0.2, 0) is 0 Å². The predicted molar refractivity (Wildman–Crippen MR) is 68.0 cm³/mol. The summed E-state index contributed by atoms with van der Waals surface area (Å²) in [5.74, 6) is -0.206. The highest BCUT2D eigenvalue weighted by molar-refractivity contribution is 5.87. The average molecular weight is 259 g/mol. The monoisotopic (exact) mass is 259 g/mol. The Balaban J connectivity index is 2.23. The predicted octanol–water partition coefficient (Wildman–Crippen LogP) is 1.75. The normalized spacial score (nSPS) is 10.8. The van der Waals surface area contributed by atoms with Gasteiger partial charge in [-0.2, -0.15) is 4.98 Å². The molecular formula is C12H10FN5O. The van der Waals surface area contributed by atoms with Gasteiger partial charge < -0.3 is 15.5 Å². The molecule has 0 spiro atoms. The zero-order chi connectivity index (χ0) is 13.4. The van der Waals surface area contributed by atoms with Crippen LogP contribution in [0, 0.1) is 5.82 Å². The number of H-pyrrole nitrogens is 1. The van der Waals surface area contributed by atoms with Gasteiger partial charge in [0.15, 0.2) is 17.2 Å². The Labute approximate surface area is 107 Å². The van der Waals surface area contributed by atoms with Crippen LogP contribution in [0.1, 0.15) is 0 Å². The molecule has 19 heavy (non-hydrogen) atoms. The molecule has 0 saturated heterocycles. The first-order valence-corrected chi connectivity index (χ1v) is 5.49. The van der Waals surface area contributed by atoms with E-state index < -0.39 is 5.82 Å². The molecular weight excluding hydrogens is 249 g/mol. The second-order valence-electron chi connectivity index (χ2n) is 3.88. The summed E-state index contributed by atoms with van der Waals surface area (Å²) in [5, 5.41) is 0. The number of fused-ring (bicyclic) bond motifs is 1. The minimum Gasteiger partial charge on any atom is -0.494 e. The van der Waals surface area contributed by atoms with Crippen molar-refractivity contribution in [2.45, 2.75) is 0 Å². The lowest BCUT2D eigenvalue weighted by molar-refractivity contribution is 0.386. The van der Waals surface area contributed by atoms with Crippen LogP contribution in [0.3, 0.4) is 0 Å². The molecule has 0 bridgehead atoms. The lowest BCUT2D eigenvalue weighted by Gasteiger charge is -2.06. The molecule has 0 saturated carbocycles. The number of nitrogens with zero attached hydrogens (tertiary/aromatic N) is 3. The molecule has 2 aromatic heterocycles. The van der Waals surface area contributed by atoms with E-state index in [1.54, 1.807) is 6.07 Å². The fraction of sp³-hybridized carbons (Fsp3) is 0.0833. The van der Waals surface area contributed by atoms with Gasteiger partial charge in [0.2, 0.25) is 5.95 Å². The Morgan fingerprint density at radius 3 is 2.89 bits per heavy atom. The lowest BCUT2D eigenvalue weighted by atomic mass is 10.1. The maximum atomic E-state index is 13.7. The van der Waals surface area contributed by atoms with E-state index in [2.05, 4.69) is 19.9 Å². The van der Waals surface area contributed by atoms with Gasteiger partial charge in [-0.05, 0) is 18.2 Å². The molecule has 3 N–H and O–H groups in total. The van der Waals surface area contributed by atoms with Gasteiger partial charge in [0.1, 0.15) is 11.2 Å². The molecule has 1 aromatic carbocycles. The standard InChI is InChI=1S/C12H10FN5O/c1-19-8-3-2-6(4-7(8)13)9-10-11(16-5-15-10)18-12(14)17-9/h2-5H,1H3,(H3,14,15,16,17,18). The number of methoxy groups -OCH3 is 1. The van der Waals surface area contributed by atoms with Gasteiger partial charge in [-0.25, -0.2) is 14.4 Å². The van der Waals surface area contributed by atoms with E-state index in [1.165, 1.54) is 25.6 Å². The number of nitrogens with two attached hydrogens (primary N) is 1. The zero-order valence-electron chi connectivity index (χ0n) is 10.0. The highest BCUT2D eigenvalue weighted by Gasteiger charge is 2.12. The number of rotatable bonds is 2. The lowest BCUT2D eigenvalue weighted by Crippen LogP contribution is -1.98. The zero-order valence-corrected chi connectivity index (χ0v) is 10.0. The third-order valence-corrected chi connectivity index (χ3v) is 2.73. The number of ether oxygens (including phenoxy) is 1. The van der Waals surface area contributed by atoms with Crippen molar-refractivity contribution in [3.8, 4) is 17.0 Å². The maximum absolute atomic E-state index is 13.7. The Kier molecular flexibility index (Phi) is 2.52. The molecule has 0 amide bonds. The highest BCUT2D eigenvalue weighted by atomic mass is 19.1. The average Bonchev–Trinajstić information content (AvgIpc) is 2.85. The van der Waals surface area contributed by atoms with Crippen LogP contribution >= 0.6 is 0 Å². The van der Waals surface area contributed by atoms with E-state index in [0.717, 1.165) is 0 Å². The molecule has 0 unspecified atom stereocenters. The summed E-state index contributed by atoms with van der Waals surface area (Å²) in [6.07, 6.45) is 1.49. The number of halogens is 1. The fourth-order valence-corrected chi connectivity index (χ4v) is 1.87. The summed E-state index contributed by atoms with van der Waals surface area (Å²) in [7, 11) is 1.41. The van der Waals surface area contributed by atoms with Crippen LogP contribution in [0.2, 0.25) is 0 Å². The van der Waals surface area contributed by atoms with Crippen molar-refractivity contribution >= 4 is 17.1 Å². The molecule has 0 atom stereocenters. The molecule has 2 heterocycles. The highest BCUT2D eigenvalue weighted by Crippen LogP contribution is 2.28. The van der Waals surface area contributed by atoms with Crippen molar-refractivity contribution in [1.82, 2.24) is 19.9 Å². The number of nitrogens with one attached hydrogen (secondary N) is 1. The van der Waals surface area contributed by atoms with Gasteiger partial charge >= 0.3 is 0 Å². The molecule has 0 radical (unpaired) electrons. The van der Waals surface area contributed by atoms with Crippen molar-refractivity contribution in [3.05, 3.63) is 30.3 Å². The summed E-state index contributed by atoms with van der Waals surface area (Å²) in [6, 6.07) is 4.57.